The van der Waals surface area contributed by atoms with E-state index < -0.39 is 5.82 Å². The minimum atomic E-state index is -0.546. The highest BCUT2D eigenvalue weighted by Crippen LogP contribution is 2.41. The lowest BCUT2D eigenvalue weighted by Crippen LogP contribution is -2.47. The van der Waals surface area contributed by atoms with Gasteiger partial charge in [-0.3, -0.25) is 14.5 Å². The van der Waals surface area contributed by atoms with Gasteiger partial charge in [-0.1, -0.05) is 0 Å². The zero-order valence-corrected chi connectivity index (χ0v) is 14.0. The lowest BCUT2D eigenvalue weighted by molar-refractivity contribution is 0.0519. The van der Waals surface area contributed by atoms with Gasteiger partial charge in [0, 0.05) is 24.5 Å². The van der Waals surface area contributed by atoms with E-state index in [9.17, 15) is 9.18 Å². The topological polar surface area (TPSA) is 51.0 Å². The van der Waals surface area contributed by atoms with Gasteiger partial charge in [-0.2, -0.15) is 5.10 Å². The van der Waals surface area contributed by atoms with E-state index in [-0.39, 0.29) is 23.6 Å². The number of fused-ring (bicyclic) bond motifs is 2. The van der Waals surface area contributed by atoms with Crippen LogP contribution in [0.5, 0.6) is 0 Å². The molecule has 4 heterocycles. The molecule has 23 heavy (non-hydrogen) atoms. The third-order valence-electron chi connectivity index (χ3n) is 4.89. The highest BCUT2D eigenvalue weighted by molar-refractivity contribution is 9.10. The van der Waals surface area contributed by atoms with Gasteiger partial charge in [-0.15, -0.1) is 0 Å². The summed E-state index contributed by atoms with van der Waals surface area (Å²) >= 11 is 3.42. The molecule has 0 radical (unpaired) electrons. The highest BCUT2D eigenvalue weighted by atomic mass is 79.9. The molecule has 2 bridgehead atoms. The molecule has 2 unspecified atom stereocenters. The summed E-state index contributed by atoms with van der Waals surface area (Å²) in [5, 5.41) is 4.38. The summed E-state index contributed by atoms with van der Waals surface area (Å²) in [5.41, 5.74) is 0.122. The molecule has 0 N–H and O–H groups in total. The second-order valence-electron chi connectivity index (χ2n) is 6.22. The third kappa shape index (κ3) is 2.56. The summed E-state index contributed by atoms with van der Waals surface area (Å²) in [6.45, 7) is 0. The molecule has 1 amide bonds. The monoisotopic (exact) mass is 378 g/mol. The predicted molar refractivity (Wildman–Crippen MR) is 85.4 cm³/mol. The lowest BCUT2D eigenvalue weighted by atomic mass is 9.96. The first-order valence-electron chi connectivity index (χ1n) is 7.75. The summed E-state index contributed by atoms with van der Waals surface area (Å²) in [7, 11) is 0. The number of aromatic nitrogens is 3. The van der Waals surface area contributed by atoms with Gasteiger partial charge < -0.3 is 4.90 Å². The number of nitrogens with zero attached hydrogens (tertiary/aromatic N) is 4. The molecule has 2 saturated heterocycles. The minimum absolute atomic E-state index is 0.122. The van der Waals surface area contributed by atoms with E-state index in [0.29, 0.717) is 6.04 Å². The van der Waals surface area contributed by atoms with Gasteiger partial charge in [0.15, 0.2) is 5.82 Å². The molecule has 120 valence electrons. The van der Waals surface area contributed by atoms with Crippen LogP contribution in [0.1, 0.15) is 42.1 Å². The van der Waals surface area contributed by atoms with Gasteiger partial charge in [0.1, 0.15) is 0 Å². The Morgan fingerprint density at radius 2 is 1.96 bits per heavy atom. The number of piperidine rings is 1. The summed E-state index contributed by atoms with van der Waals surface area (Å²) in [5.74, 6) is -0.757. The minimum Gasteiger partial charge on any atom is -0.332 e. The molecule has 5 nitrogen and oxygen atoms in total. The molecule has 0 aromatic carbocycles. The highest BCUT2D eigenvalue weighted by Gasteiger charge is 2.44. The standard InChI is InChI=1S/C16H16BrFN4O/c17-10-7-20-21(9-10)13-5-11-1-2-12(6-13)22(11)16(23)14-3-4-19-8-15(14)18/h3-4,7-9,11-13H,1-2,5-6H2. The van der Waals surface area contributed by atoms with Gasteiger partial charge in [0.25, 0.3) is 5.91 Å². The fourth-order valence-electron chi connectivity index (χ4n) is 3.90. The van der Waals surface area contributed by atoms with Crippen molar-refractivity contribution < 1.29 is 9.18 Å². The van der Waals surface area contributed by atoms with Crippen molar-refractivity contribution in [3.8, 4) is 0 Å². The van der Waals surface area contributed by atoms with Gasteiger partial charge in [0.2, 0.25) is 0 Å². The molecule has 2 aromatic rings. The smallest absolute Gasteiger partial charge is 0.257 e. The number of hydrogen-bond donors (Lipinski definition) is 0. The third-order valence-corrected chi connectivity index (χ3v) is 5.30. The van der Waals surface area contributed by atoms with Crippen molar-refractivity contribution >= 4 is 21.8 Å². The molecule has 0 spiro atoms. The molecular formula is C16H16BrFN4O. The van der Waals surface area contributed by atoms with Crippen LogP contribution in [0.25, 0.3) is 0 Å². The van der Waals surface area contributed by atoms with Crippen LogP contribution in [0.3, 0.4) is 0 Å². The largest absolute Gasteiger partial charge is 0.332 e. The average molecular weight is 379 g/mol. The van der Waals surface area contributed by atoms with E-state index in [1.165, 1.54) is 12.3 Å². The van der Waals surface area contributed by atoms with Crippen LogP contribution in [-0.4, -0.2) is 37.7 Å². The van der Waals surface area contributed by atoms with E-state index in [1.807, 2.05) is 15.8 Å². The summed E-state index contributed by atoms with van der Waals surface area (Å²) < 4.78 is 16.8. The second kappa shape index (κ2) is 5.70. The molecule has 7 heteroatoms. The van der Waals surface area contributed by atoms with Gasteiger partial charge >= 0.3 is 0 Å². The van der Waals surface area contributed by atoms with E-state index in [4.69, 9.17) is 0 Å². The Balaban J connectivity index is 1.57. The van der Waals surface area contributed by atoms with Crippen molar-refractivity contribution in [3.63, 3.8) is 0 Å². The fraction of sp³-hybridized carbons (Fsp3) is 0.438. The molecule has 2 atom stereocenters. The quantitative estimate of drug-likeness (QED) is 0.806. The molecule has 2 aromatic heterocycles. The molecule has 4 rings (SSSR count). The molecule has 2 aliphatic rings. The maximum Gasteiger partial charge on any atom is 0.257 e. The SMILES string of the molecule is O=C(c1ccncc1F)N1C2CCC1CC(n1cc(Br)cn1)C2. The number of carbonyl (C=O) groups excluding carboxylic acids is 1. The normalized spacial score (nSPS) is 26.5. The molecule has 0 saturated carbocycles. The average Bonchev–Trinajstić information content (AvgIpc) is 3.08. The Morgan fingerprint density at radius 3 is 2.57 bits per heavy atom. The van der Waals surface area contributed by atoms with Crippen LogP contribution in [0, 0.1) is 5.82 Å². The number of rotatable bonds is 2. The van der Waals surface area contributed by atoms with Crippen molar-refractivity contribution in [2.75, 3.05) is 0 Å². The van der Waals surface area contributed by atoms with Gasteiger partial charge in [-0.05, 0) is 47.7 Å². The number of carbonyl (C=O) groups is 1. The predicted octanol–water partition coefficient (Wildman–Crippen LogP) is 3.19. The molecular weight excluding hydrogens is 363 g/mol. The summed E-state index contributed by atoms with van der Waals surface area (Å²) in [6, 6.07) is 2.07. The second-order valence-corrected chi connectivity index (χ2v) is 7.13. The number of pyridine rings is 1. The number of halogens is 2. The summed E-state index contributed by atoms with van der Waals surface area (Å²) in [4.78, 5) is 18.4. The first kappa shape index (κ1) is 14.8. The molecule has 0 aliphatic carbocycles. The Kier molecular flexibility index (Phi) is 3.67. The van der Waals surface area contributed by atoms with E-state index in [2.05, 4.69) is 26.0 Å². The van der Waals surface area contributed by atoms with Crippen LogP contribution in [0.2, 0.25) is 0 Å². The van der Waals surface area contributed by atoms with Crippen molar-refractivity contribution in [2.24, 2.45) is 0 Å². The number of amides is 1. The van der Waals surface area contributed by atoms with Gasteiger partial charge in [0.05, 0.1) is 28.5 Å². The Hall–Kier alpha value is -1.76. The van der Waals surface area contributed by atoms with Crippen LogP contribution in [-0.2, 0) is 0 Å². The van der Waals surface area contributed by atoms with Crippen LogP contribution in [0.4, 0.5) is 4.39 Å². The van der Waals surface area contributed by atoms with Crippen LogP contribution < -0.4 is 0 Å². The fourth-order valence-corrected chi connectivity index (χ4v) is 4.20. The Labute approximate surface area is 141 Å². The Morgan fingerprint density at radius 1 is 1.22 bits per heavy atom. The molecule has 2 aliphatic heterocycles. The van der Waals surface area contributed by atoms with Crippen molar-refractivity contribution in [1.29, 1.82) is 0 Å². The Bertz CT molecular complexity index is 735. The van der Waals surface area contributed by atoms with Crippen LogP contribution in [0.15, 0.2) is 35.3 Å². The maximum absolute atomic E-state index is 13.9. The van der Waals surface area contributed by atoms with Crippen LogP contribution >= 0.6 is 15.9 Å². The lowest BCUT2D eigenvalue weighted by Gasteiger charge is -2.39. The van der Waals surface area contributed by atoms with E-state index >= 15 is 0 Å². The van der Waals surface area contributed by atoms with Crippen molar-refractivity contribution in [1.82, 2.24) is 19.7 Å². The van der Waals surface area contributed by atoms with E-state index in [0.717, 1.165) is 36.4 Å². The first-order valence-corrected chi connectivity index (χ1v) is 8.54. The van der Waals surface area contributed by atoms with Crippen molar-refractivity contribution in [2.45, 2.75) is 43.8 Å². The molecule has 2 fully saturated rings. The van der Waals surface area contributed by atoms with Gasteiger partial charge in [-0.25, -0.2) is 4.39 Å². The van der Waals surface area contributed by atoms with E-state index in [1.54, 1.807) is 6.20 Å². The maximum atomic E-state index is 13.9. The number of hydrogen-bond acceptors (Lipinski definition) is 3. The zero-order valence-electron chi connectivity index (χ0n) is 12.4. The first-order chi connectivity index (χ1) is 11.1. The van der Waals surface area contributed by atoms with Crippen molar-refractivity contribution in [3.05, 3.63) is 46.7 Å². The summed E-state index contributed by atoms with van der Waals surface area (Å²) in [6.07, 6.45) is 10.0. The zero-order chi connectivity index (χ0) is 16.0.